The van der Waals surface area contributed by atoms with E-state index >= 15 is 0 Å². The van der Waals surface area contributed by atoms with Gasteiger partial charge in [-0.1, -0.05) is 41.8 Å². The van der Waals surface area contributed by atoms with Crippen LogP contribution in [0.2, 0.25) is 0 Å². The molecular formula is C21H26N2O3S. The zero-order valence-electron chi connectivity index (χ0n) is 15.8. The molecule has 3 rings (SSSR count). The van der Waals surface area contributed by atoms with Crippen molar-refractivity contribution in [3.63, 3.8) is 0 Å². The number of hydrogen-bond acceptors (Lipinski definition) is 3. The predicted octanol–water partition coefficient (Wildman–Crippen LogP) is 3.88. The number of rotatable bonds is 5. The van der Waals surface area contributed by atoms with Crippen molar-refractivity contribution in [2.24, 2.45) is 0 Å². The minimum atomic E-state index is -3.60. The van der Waals surface area contributed by atoms with Crippen LogP contribution in [0.15, 0.2) is 53.4 Å². The lowest BCUT2D eigenvalue weighted by atomic mass is 10.0. The molecule has 6 heteroatoms. The summed E-state index contributed by atoms with van der Waals surface area (Å²) in [5.74, 6) is -0.158. The van der Waals surface area contributed by atoms with Crippen molar-refractivity contribution in [1.29, 1.82) is 0 Å². The number of benzene rings is 2. The first-order valence-electron chi connectivity index (χ1n) is 9.31. The molecule has 0 aromatic heterocycles. The highest BCUT2D eigenvalue weighted by Crippen LogP contribution is 2.27. The first-order valence-corrected chi connectivity index (χ1v) is 10.8. The van der Waals surface area contributed by atoms with Gasteiger partial charge in [0.15, 0.2) is 0 Å². The van der Waals surface area contributed by atoms with Crippen molar-refractivity contribution < 1.29 is 13.2 Å². The molecule has 1 saturated heterocycles. The summed E-state index contributed by atoms with van der Waals surface area (Å²) < 4.78 is 27.7. The molecule has 2 aromatic rings. The number of sulfonamides is 1. The van der Waals surface area contributed by atoms with Crippen molar-refractivity contribution in [3.8, 4) is 0 Å². The molecule has 0 unspecified atom stereocenters. The van der Waals surface area contributed by atoms with Crippen LogP contribution in [0.5, 0.6) is 0 Å². The van der Waals surface area contributed by atoms with Gasteiger partial charge in [-0.25, -0.2) is 8.42 Å². The normalized spacial score (nSPS) is 18.2. The van der Waals surface area contributed by atoms with Gasteiger partial charge in [-0.2, -0.15) is 4.31 Å². The van der Waals surface area contributed by atoms with E-state index in [1.165, 1.54) is 4.31 Å². The van der Waals surface area contributed by atoms with E-state index in [9.17, 15) is 13.2 Å². The second-order valence-corrected chi connectivity index (χ2v) is 9.09. The van der Waals surface area contributed by atoms with Crippen LogP contribution in [0.1, 0.15) is 36.8 Å². The fourth-order valence-corrected chi connectivity index (χ4v) is 5.10. The van der Waals surface area contributed by atoms with Crippen LogP contribution in [-0.2, 0) is 14.8 Å². The van der Waals surface area contributed by atoms with E-state index in [1.807, 2.05) is 38.1 Å². The molecule has 1 fully saturated rings. The van der Waals surface area contributed by atoms with Gasteiger partial charge in [0.1, 0.15) is 0 Å². The molecule has 1 aliphatic rings. The largest absolute Gasteiger partial charge is 0.326 e. The summed E-state index contributed by atoms with van der Waals surface area (Å²) >= 11 is 0. The lowest BCUT2D eigenvalue weighted by Gasteiger charge is -2.34. The third-order valence-corrected chi connectivity index (χ3v) is 6.92. The summed E-state index contributed by atoms with van der Waals surface area (Å²) in [6.07, 6.45) is 2.62. The molecule has 0 radical (unpaired) electrons. The zero-order valence-corrected chi connectivity index (χ0v) is 16.6. The molecule has 27 heavy (non-hydrogen) atoms. The van der Waals surface area contributed by atoms with Crippen LogP contribution in [0.3, 0.4) is 0 Å². The number of piperidine rings is 1. The van der Waals surface area contributed by atoms with E-state index < -0.39 is 10.0 Å². The van der Waals surface area contributed by atoms with Crippen LogP contribution >= 0.6 is 0 Å². The van der Waals surface area contributed by atoms with Gasteiger partial charge in [0.2, 0.25) is 15.9 Å². The average Bonchev–Trinajstić information content (AvgIpc) is 2.64. The fraction of sp³-hybridized carbons (Fsp3) is 0.381. The van der Waals surface area contributed by atoms with Gasteiger partial charge in [0, 0.05) is 24.7 Å². The Morgan fingerprint density at radius 1 is 1.00 bits per heavy atom. The zero-order chi connectivity index (χ0) is 19.4. The van der Waals surface area contributed by atoms with E-state index in [2.05, 4.69) is 5.32 Å². The number of amides is 1. The Morgan fingerprint density at radius 3 is 2.22 bits per heavy atom. The lowest BCUT2D eigenvalue weighted by molar-refractivity contribution is -0.117. The molecule has 1 aliphatic heterocycles. The van der Waals surface area contributed by atoms with Crippen molar-refractivity contribution in [2.75, 3.05) is 11.9 Å². The standard InChI is InChI=1S/C21H26N2O3S/c1-16-6-10-18(11-7-16)22-21(24)15-19-5-3-4-14-23(19)27(25,26)20-12-8-17(2)9-13-20/h6-13,19H,3-5,14-15H2,1-2H3,(H,22,24)/t19-/m0/s1. The van der Waals surface area contributed by atoms with Gasteiger partial charge in [-0.05, 0) is 51.0 Å². The number of aryl methyl sites for hydroxylation is 2. The van der Waals surface area contributed by atoms with Gasteiger partial charge in [0.05, 0.1) is 4.90 Å². The smallest absolute Gasteiger partial charge is 0.243 e. The Labute approximate surface area is 161 Å². The summed E-state index contributed by atoms with van der Waals surface area (Å²) in [5.41, 5.74) is 2.87. The molecule has 0 aliphatic carbocycles. The highest BCUT2D eigenvalue weighted by Gasteiger charge is 2.34. The Hall–Kier alpha value is -2.18. The maximum absolute atomic E-state index is 13.1. The molecule has 1 atom stereocenters. The molecule has 0 bridgehead atoms. The Balaban J connectivity index is 1.73. The topological polar surface area (TPSA) is 66.5 Å². The van der Waals surface area contributed by atoms with E-state index in [0.717, 1.165) is 29.7 Å². The first-order chi connectivity index (χ1) is 12.9. The third kappa shape index (κ3) is 4.76. The van der Waals surface area contributed by atoms with E-state index in [4.69, 9.17) is 0 Å². The van der Waals surface area contributed by atoms with Crippen LogP contribution < -0.4 is 5.32 Å². The number of hydrogen-bond donors (Lipinski definition) is 1. The van der Waals surface area contributed by atoms with Gasteiger partial charge < -0.3 is 5.32 Å². The number of nitrogens with one attached hydrogen (secondary N) is 1. The second kappa shape index (κ2) is 8.23. The average molecular weight is 387 g/mol. The van der Waals surface area contributed by atoms with Crippen molar-refractivity contribution in [1.82, 2.24) is 4.31 Å². The SMILES string of the molecule is Cc1ccc(NC(=O)C[C@@H]2CCCCN2S(=O)(=O)c2ccc(C)cc2)cc1. The number of anilines is 1. The molecule has 5 nitrogen and oxygen atoms in total. The Bertz CT molecular complexity index is 890. The van der Waals surface area contributed by atoms with Crippen molar-refractivity contribution >= 4 is 21.6 Å². The third-order valence-electron chi connectivity index (χ3n) is 4.96. The van der Waals surface area contributed by atoms with Gasteiger partial charge in [-0.15, -0.1) is 0 Å². The van der Waals surface area contributed by atoms with Crippen LogP contribution in [0.25, 0.3) is 0 Å². The monoisotopic (exact) mass is 386 g/mol. The van der Waals surface area contributed by atoms with Crippen LogP contribution in [-0.4, -0.2) is 31.2 Å². The molecular weight excluding hydrogens is 360 g/mol. The predicted molar refractivity (Wildman–Crippen MR) is 107 cm³/mol. The van der Waals surface area contributed by atoms with E-state index in [0.29, 0.717) is 17.9 Å². The molecule has 1 heterocycles. The maximum atomic E-state index is 13.1. The molecule has 0 spiro atoms. The number of nitrogens with zero attached hydrogens (tertiary/aromatic N) is 1. The second-order valence-electron chi connectivity index (χ2n) is 7.20. The lowest BCUT2D eigenvalue weighted by Crippen LogP contribution is -2.45. The maximum Gasteiger partial charge on any atom is 0.243 e. The van der Waals surface area contributed by atoms with Crippen LogP contribution in [0.4, 0.5) is 5.69 Å². The highest BCUT2D eigenvalue weighted by molar-refractivity contribution is 7.89. The molecule has 144 valence electrons. The van der Waals surface area contributed by atoms with Gasteiger partial charge >= 0.3 is 0 Å². The van der Waals surface area contributed by atoms with Crippen molar-refractivity contribution in [3.05, 3.63) is 59.7 Å². The summed E-state index contributed by atoms with van der Waals surface area (Å²) in [7, 11) is -3.60. The van der Waals surface area contributed by atoms with E-state index in [-0.39, 0.29) is 18.4 Å². The molecule has 0 saturated carbocycles. The molecule has 2 aromatic carbocycles. The highest BCUT2D eigenvalue weighted by atomic mass is 32.2. The quantitative estimate of drug-likeness (QED) is 0.848. The minimum absolute atomic E-state index is 0.158. The number of carbonyl (C=O) groups excluding carboxylic acids is 1. The Morgan fingerprint density at radius 2 is 1.59 bits per heavy atom. The Kier molecular flexibility index (Phi) is 5.97. The molecule has 1 amide bonds. The summed E-state index contributed by atoms with van der Waals surface area (Å²) in [6, 6.07) is 14.2. The summed E-state index contributed by atoms with van der Waals surface area (Å²) in [5, 5.41) is 2.88. The van der Waals surface area contributed by atoms with Crippen LogP contribution in [0, 0.1) is 13.8 Å². The van der Waals surface area contributed by atoms with Gasteiger partial charge in [0.25, 0.3) is 0 Å². The first kappa shape index (κ1) is 19.6. The molecule has 1 N–H and O–H groups in total. The minimum Gasteiger partial charge on any atom is -0.326 e. The van der Waals surface area contributed by atoms with Gasteiger partial charge in [-0.3, -0.25) is 4.79 Å². The van der Waals surface area contributed by atoms with E-state index in [1.54, 1.807) is 24.3 Å². The van der Waals surface area contributed by atoms with Crippen molar-refractivity contribution in [2.45, 2.75) is 50.5 Å². The summed E-state index contributed by atoms with van der Waals surface area (Å²) in [6.45, 7) is 4.37. The number of carbonyl (C=O) groups is 1. The fourth-order valence-electron chi connectivity index (χ4n) is 3.40. The summed E-state index contributed by atoms with van der Waals surface area (Å²) in [4.78, 5) is 12.8.